The molecule has 2 aromatic carbocycles. The van der Waals surface area contributed by atoms with E-state index in [1.807, 2.05) is 67.9 Å². The number of benzene rings is 2. The number of ether oxygens (including phenoxy) is 1. The summed E-state index contributed by atoms with van der Waals surface area (Å²) in [5, 5.41) is 8.52. The van der Waals surface area contributed by atoms with Gasteiger partial charge in [-0.15, -0.1) is 0 Å². The molecule has 2 N–H and O–H groups in total. The van der Waals surface area contributed by atoms with Crippen molar-refractivity contribution in [2.45, 2.75) is 27.3 Å². The lowest BCUT2D eigenvalue weighted by molar-refractivity contribution is 0.102. The summed E-state index contributed by atoms with van der Waals surface area (Å²) >= 11 is 0. The van der Waals surface area contributed by atoms with Crippen molar-refractivity contribution in [1.29, 1.82) is 0 Å². The number of carbonyl (C=O) groups excluding carboxylic acids is 1. The molecule has 2 heterocycles. The Balaban J connectivity index is 1.59. The van der Waals surface area contributed by atoms with Crippen LogP contribution < -0.4 is 10.1 Å². The average Bonchev–Trinajstić information content (AvgIpc) is 3.27. The van der Waals surface area contributed by atoms with Gasteiger partial charge in [0.1, 0.15) is 11.4 Å². The predicted octanol–water partition coefficient (Wildman–Crippen LogP) is 4.68. The molecule has 0 radical (unpaired) electrons. The van der Waals surface area contributed by atoms with E-state index in [2.05, 4.69) is 27.5 Å². The summed E-state index contributed by atoms with van der Waals surface area (Å²) in [6.07, 6.45) is 0. The van der Waals surface area contributed by atoms with Gasteiger partial charge >= 0.3 is 0 Å². The van der Waals surface area contributed by atoms with Gasteiger partial charge in [0.05, 0.1) is 30.2 Å². The van der Waals surface area contributed by atoms with Crippen molar-refractivity contribution in [1.82, 2.24) is 14.8 Å². The van der Waals surface area contributed by atoms with E-state index >= 15 is 0 Å². The summed E-state index contributed by atoms with van der Waals surface area (Å²) in [4.78, 5) is 16.1. The van der Waals surface area contributed by atoms with Crippen molar-refractivity contribution in [3.05, 3.63) is 77.2 Å². The van der Waals surface area contributed by atoms with Crippen molar-refractivity contribution in [2.75, 3.05) is 11.9 Å². The molecule has 0 saturated carbocycles. The molecular weight excluding hydrogens is 364 g/mol. The van der Waals surface area contributed by atoms with E-state index in [-0.39, 0.29) is 5.91 Å². The molecule has 2 aromatic heterocycles. The zero-order chi connectivity index (χ0) is 20.4. The number of nitrogens with one attached hydrogen (secondary N) is 2. The number of nitrogens with zero attached hydrogens (tertiary/aromatic N) is 2. The van der Waals surface area contributed by atoms with E-state index < -0.39 is 0 Å². The van der Waals surface area contributed by atoms with Crippen LogP contribution in [0.5, 0.6) is 5.75 Å². The second kappa shape index (κ2) is 7.83. The highest BCUT2D eigenvalue weighted by atomic mass is 16.5. The Morgan fingerprint density at radius 3 is 2.69 bits per heavy atom. The molecule has 0 fully saturated rings. The SMILES string of the molecule is CCOc1cccc2[nH]c(C(=O)Nc3c(C)nn(Cc4ccccc4)c3C)cc12. The molecule has 0 bridgehead atoms. The Morgan fingerprint density at radius 2 is 1.93 bits per heavy atom. The van der Waals surface area contributed by atoms with Crippen LogP contribution in [0.1, 0.15) is 34.4 Å². The fourth-order valence-corrected chi connectivity index (χ4v) is 3.50. The predicted molar refractivity (Wildman–Crippen MR) is 115 cm³/mol. The summed E-state index contributed by atoms with van der Waals surface area (Å²) in [6, 6.07) is 17.7. The summed E-state index contributed by atoms with van der Waals surface area (Å²) in [5.74, 6) is 0.567. The molecule has 148 valence electrons. The first kappa shape index (κ1) is 18.8. The highest BCUT2D eigenvalue weighted by Gasteiger charge is 2.17. The lowest BCUT2D eigenvalue weighted by Crippen LogP contribution is -2.13. The minimum Gasteiger partial charge on any atom is -0.493 e. The van der Waals surface area contributed by atoms with E-state index in [0.29, 0.717) is 18.8 Å². The third-order valence-electron chi connectivity index (χ3n) is 4.96. The van der Waals surface area contributed by atoms with Crippen molar-refractivity contribution >= 4 is 22.5 Å². The fourth-order valence-electron chi connectivity index (χ4n) is 3.50. The number of aromatic amines is 1. The van der Waals surface area contributed by atoms with Gasteiger partial charge in [-0.05, 0) is 44.5 Å². The first-order valence-electron chi connectivity index (χ1n) is 9.70. The third-order valence-corrected chi connectivity index (χ3v) is 4.96. The van der Waals surface area contributed by atoms with Crippen LogP contribution in [0, 0.1) is 13.8 Å². The summed E-state index contributed by atoms with van der Waals surface area (Å²) in [7, 11) is 0. The molecule has 29 heavy (non-hydrogen) atoms. The topological polar surface area (TPSA) is 71.9 Å². The van der Waals surface area contributed by atoms with Crippen LogP contribution >= 0.6 is 0 Å². The molecule has 0 aliphatic heterocycles. The molecular formula is C23H24N4O2. The van der Waals surface area contributed by atoms with E-state index in [1.54, 1.807) is 0 Å². The Kier molecular flexibility index (Phi) is 5.08. The molecule has 0 saturated heterocycles. The molecule has 6 nitrogen and oxygen atoms in total. The maximum absolute atomic E-state index is 12.9. The highest BCUT2D eigenvalue weighted by molar-refractivity contribution is 6.07. The lowest BCUT2D eigenvalue weighted by atomic mass is 10.2. The molecule has 6 heteroatoms. The van der Waals surface area contributed by atoms with Crippen LogP contribution in [-0.4, -0.2) is 27.3 Å². The number of hydrogen-bond acceptors (Lipinski definition) is 3. The van der Waals surface area contributed by atoms with Crippen LogP contribution in [0.15, 0.2) is 54.6 Å². The van der Waals surface area contributed by atoms with Crippen LogP contribution in [0.4, 0.5) is 5.69 Å². The van der Waals surface area contributed by atoms with Gasteiger partial charge < -0.3 is 15.0 Å². The molecule has 4 aromatic rings. The average molecular weight is 388 g/mol. The molecule has 0 aliphatic carbocycles. The molecule has 0 spiro atoms. The normalized spacial score (nSPS) is 11.0. The molecule has 0 atom stereocenters. The van der Waals surface area contributed by atoms with Crippen LogP contribution in [0.3, 0.4) is 0 Å². The first-order chi connectivity index (χ1) is 14.1. The number of carbonyl (C=O) groups is 1. The standard InChI is InChI=1S/C23H24N4O2/c1-4-29-21-12-8-11-19-18(21)13-20(24-19)23(28)25-22-15(2)26-27(16(22)3)14-17-9-6-5-7-10-17/h5-13,24H,4,14H2,1-3H3,(H,25,28). The third kappa shape index (κ3) is 3.74. The molecule has 0 unspecified atom stereocenters. The minimum atomic E-state index is -0.200. The minimum absolute atomic E-state index is 0.200. The quantitative estimate of drug-likeness (QED) is 0.504. The number of rotatable bonds is 6. The largest absolute Gasteiger partial charge is 0.493 e. The first-order valence-corrected chi connectivity index (χ1v) is 9.70. The van der Waals surface area contributed by atoms with Gasteiger partial charge in [0.15, 0.2) is 0 Å². The second-order valence-corrected chi connectivity index (χ2v) is 6.98. The van der Waals surface area contributed by atoms with Crippen LogP contribution in [-0.2, 0) is 6.54 Å². The van der Waals surface area contributed by atoms with E-state index in [1.165, 1.54) is 0 Å². The summed E-state index contributed by atoms with van der Waals surface area (Å²) < 4.78 is 7.58. The zero-order valence-electron chi connectivity index (χ0n) is 16.8. The second-order valence-electron chi connectivity index (χ2n) is 6.98. The number of amides is 1. The maximum Gasteiger partial charge on any atom is 0.272 e. The zero-order valence-corrected chi connectivity index (χ0v) is 16.8. The monoisotopic (exact) mass is 388 g/mol. The number of fused-ring (bicyclic) bond motifs is 1. The Labute approximate surface area is 169 Å². The van der Waals surface area contributed by atoms with E-state index in [9.17, 15) is 4.79 Å². The van der Waals surface area contributed by atoms with Gasteiger partial charge in [-0.2, -0.15) is 5.10 Å². The number of hydrogen-bond donors (Lipinski definition) is 2. The highest BCUT2D eigenvalue weighted by Crippen LogP contribution is 2.27. The Morgan fingerprint density at radius 1 is 1.14 bits per heavy atom. The number of aryl methyl sites for hydroxylation is 1. The Hall–Kier alpha value is -3.54. The number of aromatic nitrogens is 3. The van der Waals surface area contributed by atoms with Gasteiger partial charge in [0.2, 0.25) is 0 Å². The number of H-pyrrole nitrogens is 1. The molecule has 1 amide bonds. The van der Waals surface area contributed by atoms with Gasteiger partial charge in [0, 0.05) is 10.9 Å². The molecule has 4 rings (SSSR count). The van der Waals surface area contributed by atoms with E-state index in [4.69, 9.17) is 4.74 Å². The Bertz CT molecular complexity index is 1160. The fraction of sp³-hybridized carbons (Fsp3) is 0.217. The summed E-state index contributed by atoms with van der Waals surface area (Å²) in [5.41, 5.74) is 4.98. The van der Waals surface area contributed by atoms with Gasteiger partial charge in [0.25, 0.3) is 5.91 Å². The smallest absolute Gasteiger partial charge is 0.272 e. The van der Waals surface area contributed by atoms with Gasteiger partial charge in [-0.1, -0.05) is 36.4 Å². The number of anilines is 1. The van der Waals surface area contributed by atoms with Crippen molar-refractivity contribution in [3.8, 4) is 5.75 Å². The lowest BCUT2D eigenvalue weighted by Gasteiger charge is -2.06. The maximum atomic E-state index is 12.9. The van der Waals surface area contributed by atoms with Crippen molar-refractivity contribution < 1.29 is 9.53 Å². The summed E-state index contributed by atoms with van der Waals surface area (Å²) in [6.45, 7) is 7.05. The molecule has 0 aliphatic rings. The van der Waals surface area contributed by atoms with Crippen molar-refractivity contribution in [2.24, 2.45) is 0 Å². The van der Waals surface area contributed by atoms with E-state index in [0.717, 1.165) is 39.3 Å². The van der Waals surface area contributed by atoms with Crippen molar-refractivity contribution in [3.63, 3.8) is 0 Å². The van der Waals surface area contributed by atoms with Gasteiger partial charge in [-0.3, -0.25) is 9.48 Å². The van der Waals surface area contributed by atoms with Gasteiger partial charge in [-0.25, -0.2) is 0 Å². The van der Waals surface area contributed by atoms with Crippen LogP contribution in [0.2, 0.25) is 0 Å². The van der Waals surface area contributed by atoms with Crippen LogP contribution in [0.25, 0.3) is 10.9 Å².